The van der Waals surface area contributed by atoms with E-state index in [2.05, 4.69) is 37.4 Å². The second-order valence-electron chi connectivity index (χ2n) is 12.8. The molecule has 1 unspecified atom stereocenters. The number of hydrogen-bond acceptors (Lipinski definition) is 9. The number of piperidine rings is 1. The van der Waals surface area contributed by atoms with Gasteiger partial charge in [-0.05, 0) is 54.3 Å². The average Bonchev–Trinajstić information content (AvgIpc) is 3.68. The molecule has 7 aromatic rings. The molecule has 2 N–H and O–H groups in total. The average molecular weight is 707 g/mol. The van der Waals surface area contributed by atoms with Gasteiger partial charge < -0.3 is 14.3 Å². The third-order valence-electron chi connectivity index (χ3n) is 9.54. The highest BCUT2D eigenvalue weighted by Crippen LogP contribution is 2.32. The Morgan fingerprint density at radius 3 is 2.51 bits per heavy atom. The van der Waals surface area contributed by atoms with Gasteiger partial charge in [-0.15, -0.1) is 0 Å². The smallest absolute Gasteiger partial charge is 0.328 e. The van der Waals surface area contributed by atoms with Crippen molar-refractivity contribution in [1.82, 2.24) is 39.3 Å². The Balaban J connectivity index is 0.979. The zero-order valence-electron chi connectivity index (χ0n) is 28.8. The van der Waals surface area contributed by atoms with Crippen LogP contribution in [0.25, 0.3) is 55.2 Å². The van der Waals surface area contributed by atoms with Gasteiger partial charge in [-0.1, -0.05) is 12.0 Å². The molecule has 262 valence electrons. The van der Waals surface area contributed by atoms with Crippen LogP contribution in [-0.2, 0) is 30.7 Å². The molecule has 1 aliphatic rings. The van der Waals surface area contributed by atoms with Crippen LogP contribution in [0.1, 0.15) is 40.7 Å². The summed E-state index contributed by atoms with van der Waals surface area (Å²) >= 11 is 0. The molecule has 53 heavy (non-hydrogen) atoms. The minimum absolute atomic E-state index is 0.0168. The van der Waals surface area contributed by atoms with Crippen LogP contribution in [0.3, 0.4) is 0 Å². The summed E-state index contributed by atoms with van der Waals surface area (Å²) in [6.07, 6.45) is 7.09. The zero-order chi connectivity index (χ0) is 37.0. The van der Waals surface area contributed by atoms with Crippen molar-refractivity contribution in [3.63, 3.8) is 0 Å². The second kappa shape index (κ2) is 12.9. The summed E-state index contributed by atoms with van der Waals surface area (Å²) in [5, 5.41) is 6.84. The third-order valence-corrected chi connectivity index (χ3v) is 9.54. The number of hydrogen-bond donors (Lipinski definition) is 2. The zero-order valence-corrected chi connectivity index (χ0v) is 28.8. The maximum atomic E-state index is 13.3. The van der Waals surface area contributed by atoms with E-state index in [1.807, 2.05) is 18.2 Å². The van der Waals surface area contributed by atoms with Crippen molar-refractivity contribution in [2.24, 2.45) is 21.1 Å². The van der Waals surface area contributed by atoms with Crippen molar-refractivity contribution in [1.29, 1.82) is 0 Å². The van der Waals surface area contributed by atoms with E-state index in [1.165, 1.54) is 10.8 Å². The third kappa shape index (κ3) is 5.83. The number of nitrogens with one attached hydrogen (secondary N) is 2. The topological polar surface area (TPSA) is 176 Å². The maximum Gasteiger partial charge on any atom is 0.328 e. The molecule has 3 amide bonds. The predicted molar refractivity (Wildman–Crippen MR) is 196 cm³/mol. The molecule has 1 fully saturated rings. The van der Waals surface area contributed by atoms with Crippen LogP contribution in [0.2, 0.25) is 0 Å². The lowest BCUT2D eigenvalue weighted by Crippen LogP contribution is -2.39. The molecule has 0 saturated carbocycles. The lowest BCUT2D eigenvalue weighted by molar-refractivity contribution is -0.134. The molecule has 8 rings (SSSR count). The van der Waals surface area contributed by atoms with E-state index in [9.17, 15) is 24.0 Å². The van der Waals surface area contributed by atoms with Crippen molar-refractivity contribution in [2.75, 3.05) is 6.54 Å². The highest BCUT2D eigenvalue weighted by Gasteiger charge is 2.31. The standard InChI is InChI=1S/C39H30N8O6/c1-45-20-28(21-7-10-31-32(15-21)47(3)39(52)46(31)2)27-19-43-30(17-25(27)38(45)51)22-6-9-29(42-18-22)37(50)41-13-4-5-23-16-26-33(53-23)12-14-40-35(26)24-8-11-34(48)44-36(24)49/h6-7,9-10,12,14-20,24H,8,11,13H2,1-3H3,(H,41,50)(H,44,48,49). The minimum Gasteiger partial charge on any atom is -0.448 e. The monoisotopic (exact) mass is 706 g/mol. The van der Waals surface area contributed by atoms with Gasteiger partial charge in [0, 0.05) is 80.3 Å². The maximum absolute atomic E-state index is 13.3. The van der Waals surface area contributed by atoms with E-state index in [0.717, 1.165) is 22.2 Å². The van der Waals surface area contributed by atoms with E-state index in [4.69, 9.17) is 4.42 Å². The van der Waals surface area contributed by atoms with Crippen molar-refractivity contribution in [2.45, 2.75) is 18.8 Å². The summed E-state index contributed by atoms with van der Waals surface area (Å²) in [7, 11) is 5.15. The molecule has 14 heteroatoms. The lowest BCUT2D eigenvalue weighted by atomic mass is 9.92. The van der Waals surface area contributed by atoms with E-state index in [0.29, 0.717) is 50.9 Å². The summed E-state index contributed by atoms with van der Waals surface area (Å²) in [5.74, 6) is 4.41. The summed E-state index contributed by atoms with van der Waals surface area (Å²) in [6.45, 7) is 0.0168. The van der Waals surface area contributed by atoms with Crippen molar-refractivity contribution in [3.05, 3.63) is 111 Å². The van der Waals surface area contributed by atoms with Gasteiger partial charge >= 0.3 is 5.69 Å². The van der Waals surface area contributed by atoms with E-state index in [1.54, 1.807) is 79.2 Å². The molecule has 0 radical (unpaired) electrons. The molecular formula is C39H30N8O6. The van der Waals surface area contributed by atoms with Gasteiger partial charge in [-0.25, -0.2) is 4.79 Å². The van der Waals surface area contributed by atoms with Gasteiger partial charge in [0.05, 0.1) is 40.3 Å². The van der Waals surface area contributed by atoms with E-state index in [-0.39, 0.29) is 41.7 Å². The van der Waals surface area contributed by atoms with Gasteiger partial charge in [0.15, 0.2) is 5.76 Å². The minimum atomic E-state index is -0.564. The fourth-order valence-corrected chi connectivity index (χ4v) is 6.72. The quantitative estimate of drug-likeness (QED) is 0.201. The molecule has 1 atom stereocenters. The van der Waals surface area contributed by atoms with Crippen LogP contribution in [0.4, 0.5) is 0 Å². The number of fused-ring (bicyclic) bond motifs is 3. The van der Waals surface area contributed by atoms with Crippen molar-refractivity contribution < 1.29 is 18.8 Å². The number of aromatic nitrogens is 6. The molecule has 1 aromatic carbocycles. The lowest BCUT2D eigenvalue weighted by Gasteiger charge is -2.20. The molecule has 1 saturated heterocycles. The first kappa shape index (κ1) is 33.0. The first-order chi connectivity index (χ1) is 25.6. The van der Waals surface area contributed by atoms with E-state index >= 15 is 0 Å². The molecular weight excluding hydrogens is 676 g/mol. The first-order valence-electron chi connectivity index (χ1n) is 16.7. The number of furan rings is 1. The highest BCUT2D eigenvalue weighted by atomic mass is 16.3. The van der Waals surface area contributed by atoms with Gasteiger partial charge in [-0.3, -0.25) is 48.6 Å². The number of benzene rings is 1. The number of nitrogens with zero attached hydrogens (tertiary/aromatic N) is 6. The van der Waals surface area contributed by atoms with Gasteiger partial charge in [0.1, 0.15) is 11.3 Å². The Morgan fingerprint density at radius 1 is 0.906 bits per heavy atom. The Hall–Kier alpha value is -7.14. The SMILES string of the molecule is Cn1cc(-c2ccc3c(c2)n(C)c(=O)n3C)c2cnc(-c3ccc(C(=O)NCC#Cc4cc5c(C6CCC(=O)NC6=O)nccc5o4)nc3)cc2c1=O. The molecule has 1 aliphatic heterocycles. The Kier molecular flexibility index (Phi) is 8.03. The predicted octanol–water partition coefficient (Wildman–Crippen LogP) is 3.30. The highest BCUT2D eigenvalue weighted by molar-refractivity contribution is 6.02. The van der Waals surface area contributed by atoms with Crippen LogP contribution in [0, 0.1) is 11.8 Å². The molecule has 7 heterocycles. The molecule has 14 nitrogen and oxygen atoms in total. The Bertz CT molecular complexity index is 2870. The molecule has 0 bridgehead atoms. The van der Waals surface area contributed by atoms with Crippen LogP contribution in [-0.4, -0.2) is 52.9 Å². The van der Waals surface area contributed by atoms with Crippen molar-refractivity contribution >= 4 is 50.5 Å². The fourth-order valence-electron chi connectivity index (χ4n) is 6.72. The number of pyridine rings is 4. The number of carbonyl (C=O) groups is 3. The Labute approximate surface area is 300 Å². The first-order valence-corrected chi connectivity index (χ1v) is 16.7. The largest absolute Gasteiger partial charge is 0.448 e. The number of imidazole rings is 1. The number of amides is 3. The number of rotatable bonds is 5. The molecule has 6 aromatic heterocycles. The summed E-state index contributed by atoms with van der Waals surface area (Å²) in [6, 6.07) is 14.1. The van der Waals surface area contributed by atoms with Gasteiger partial charge in [0.2, 0.25) is 11.8 Å². The van der Waals surface area contributed by atoms with E-state index < -0.39 is 11.8 Å². The van der Waals surface area contributed by atoms with Crippen LogP contribution in [0.15, 0.2) is 87.3 Å². The fraction of sp³-hybridized carbons (Fsp3) is 0.179. The van der Waals surface area contributed by atoms with Crippen molar-refractivity contribution in [3.8, 4) is 34.2 Å². The Morgan fingerprint density at radius 2 is 1.72 bits per heavy atom. The van der Waals surface area contributed by atoms with Crippen LogP contribution >= 0.6 is 0 Å². The summed E-state index contributed by atoms with van der Waals surface area (Å²) in [4.78, 5) is 76.0. The normalized spacial score (nSPS) is 14.4. The van der Waals surface area contributed by atoms with Gasteiger partial charge in [0.25, 0.3) is 11.5 Å². The second-order valence-corrected chi connectivity index (χ2v) is 12.8. The number of aryl methyl sites for hydroxylation is 3. The number of carbonyl (C=O) groups excluding carboxylic acids is 3. The number of imide groups is 1. The molecule has 0 aliphatic carbocycles. The summed E-state index contributed by atoms with van der Waals surface area (Å²) < 4.78 is 10.5. The molecule has 0 spiro atoms. The summed E-state index contributed by atoms with van der Waals surface area (Å²) in [5.41, 5.74) is 5.23. The van der Waals surface area contributed by atoms with Crippen LogP contribution in [0.5, 0.6) is 0 Å². The van der Waals surface area contributed by atoms with Crippen LogP contribution < -0.4 is 21.9 Å². The van der Waals surface area contributed by atoms with Gasteiger partial charge in [-0.2, -0.15) is 0 Å².